The first-order valence-corrected chi connectivity index (χ1v) is 16.7. The molecule has 0 amide bonds. The van der Waals surface area contributed by atoms with Gasteiger partial charge in [-0.2, -0.15) is 25.3 Å². The van der Waals surface area contributed by atoms with E-state index < -0.39 is 40.1 Å². The van der Waals surface area contributed by atoms with Crippen molar-refractivity contribution in [1.82, 2.24) is 0 Å². The zero-order valence-corrected chi connectivity index (χ0v) is 25.2. The molecule has 0 spiro atoms. The normalized spacial score (nSPS) is 12.9. The van der Waals surface area contributed by atoms with Crippen molar-refractivity contribution in [2.24, 2.45) is 20.5 Å². The Hall–Kier alpha value is -4.85. The number of azo groups is 2. The average Bonchev–Trinajstić information content (AvgIpc) is 2.98. The van der Waals surface area contributed by atoms with Gasteiger partial charge < -0.3 is 10.5 Å². The fourth-order valence-electron chi connectivity index (χ4n) is 4.34. The number of methoxy groups -OCH3 is 1. The van der Waals surface area contributed by atoms with E-state index in [1.165, 1.54) is 67.8 Å². The molecule has 0 bridgehead atoms. The third-order valence-electron chi connectivity index (χ3n) is 6.51. The number of rotatable bonds is 8. The SMILES string of the molecule is COc1ccc(N=Nc2ccc(N=Nc3ccc(N)c4ccc(S(=O)(=O)O)cc34)c3ccc(S(=O)(=O)O)cc23)c(S(=O)(=O)O)c1. The van der Waals surface area contributed by atoms with Gasteiger partial charge in [0.05, 0.1) is 34.0 Å². The van der Waals surface area contributed by atoms with Gasteiger partial charge in [0, 0.05) is 33.3 Å². The molecule has 0 heterocycles. The van der Waals surface area contributed by atoms with Crippen LogP contribution in [0.4, 0.5) is 28.4 Å². The van der Waals surface area contributed by atoms with Crippen LogP contribution in [0.15, 0.2) is 114 Å². The largest absolute Gasteiger partial charge is 0.497 e. The lowest BCUT2D eigenvalue weighted by Crippen LogP contribution is -1.99. The van der Waals surface area contributed by atoms with Crippen LogP contribution in [0.1, 0.15) is 0 Å². The highest BCUT2D eigenvalue weighted by Gasteiger charge is 2.18. The highest BCUT2D eigenvalue weighted by molar-refractivity contribution is 7.86. The first kappa shape index (κ1) is 31.6. The summed E-state index contributed by atoms with van der Waals surface area (Å²) in [6.45, 7) is 0. The molecule has 0 aromatic heterocycles. The first-order valence-electron chi connectivity index (χ1n) is 12.4. The van der Waals surface area contributed by atoms with Crippen molar-refractivity contribution >= 4 is 80.3 Å². The zero-order chi connectivity index (χ0) is 32.7. The molecule has 5 N–H and O–H groups in total. The van der Waals surface area contributed by atoms with Crippen LogP contribution in [0, 0.1) is 0 Å². The lowest BCUT2D eigenvalue weighted by atomic mass is 10.1. The predicted molar refractivity (Wildman–Crippen MR) is 163 cm³/mol. The summed E-state index contributed by atoms with van der Waals surface area (Å²) >= 11 is 0. The summed E-state index contributed by atoms with van der Waals surface area (Å²) in [5, 5.41) is 17.6. The maximum absolute atomic E-state index is 11.9. The highest BCUT2D eigenvalue weighted by atomic mass is 32.2. The standard InChI is InChI=1S/C27H21N5O10S3/c1-42-15-2-8-26(27(12-15)45(39,40)41)32-31-25-11-10-23(19-6-4-17(14-21(19)25)44(36,37)38)29-30-24-9-7-22(28)18-5-3-16(13-20(18)24)43(33,34)35/h2-14H,28H2,1H3,(H,33,34,35)(H,36,37,38)(H,39,40,41). The molecule has 0 radical (unpaired) electrons. The summed E-state index contributed by atoms with van der Waals surface area (Å²) in [6.07, 6.45) is 0. The van der Waals surface area contributed by atoms with Crippen LogP contribution in [0.3, 0.4) is 0 Å². The molecule has 18 heteroatoms. The molecule has 0 fully saturated rings. The van der Waals surface area contributed by atoms with E-state index in [4.69, 9.17) is 10.5 Å². The summed E-state index contributed by atoms with van der Waals surface area (Å²) in [5.74, 6) is 0.127. The molecular formula is C27H21N5O10S3. The van der Waals surface area contributed by atoms with E-state index in [2.05, 4.69) is 20.5 Å². The number of hydrogen-bond donors (Lipinski definition) is 4. The van der Waals surface area contributed by atoms with E-state index in [9.17, 15) is 38.9 Å². The first-order chi connectivity index (χ1) is 21.1. The molecular weight excluding hydrogens is 651 g/mol. The van der Waals surface area contributed by atoms with Gasteiger partial charge in [0.2, 0.25) is 0 Å². The Bertz CT molecular complexity index is 2410. The number of benzene rings is 5. The van der Waals surface area contributed by atoms with E-state index in [0.717, 1.165) is 18.2 Å². The molecule has 0 atom stereocenters. The monoisotopic (exact) mass is 671 g/mol. The van der Waals surface area contributed by atoms with Crippen LogP contribution >= 0.6 is 0 Å². The van der Waals surface area contributed by atoms with Gasteiger partial charge >= 0.3 is 0 Å². The summed E-state index contributed by atoms with van der Waals surface area (Å²) in [4.78, 5) is -1.46. The molecule has 0 unspecified atom stereocenters. The molecule has 0 aliphatic rings. The average molecular weight is 672 g/mol. The second kappa shape index (κ2) is 11.6. The van der Waals surface area contributed by atoms with Crippen LogP contribution < -0.4 is 10.5 Å². The molecule has 232 valence electrons. The fraction of sp³-hybridized carbons (Fsp3) is 0.0370. The maximum Gasteiger partial charge on any atom is 0.296 e. The number of nitrogens with two attached hydrogens (primary N) is 1. The van der Waals surface area contributed by atoms with Crippen LogP contribution in [0.2, 0.25) is 0 Å². The Morgan fingerprint density at radius 1 is 0.533 bits per heavy atom. The minimum atomic E-state index is -4.74. The van der Waals surface area contributed by atoms with Crippen LogP contribution in [-0.4, -0.2) is 46.0 Å². The number of nitrogens with zero attached hydrogens (tertiary/aromatic N) is 4. The lowest BCUT2D eigenvalue weighted by molar-refractivity contribution is 0.412. The van der Waals surface area contributed by atoms with E-state index in [1.54, 1.807) is 0 Å². The smallest absolute Gasteiger partial charge is 0.296 e. The molecule has 0 aliphatic carbocycles. The lowest BCUT2D eigenvalue weighted by Gasteiger charge is -2.08. The van der Waals surface area contributed by atoms with Crippen molar-refractivity contribution in [3.05, 3.63) is 78.9 Å². The predicted octanol–water partition coefficient (Wildman–Crippen LogP) is 6.15. The highest BCUT2D eigenvalue weighted by Crippen LogP contribution is 2.39. The Morgan fingerprint density at radius 2 is 0.978 bits per heavy atom. The summed E-state index contributed by atoms with van der Waals surface area (Å²) in [6, 6.07) is 16.9. The van der Waals surface area contributed by atoms with Crippen molar-refractivity contribution < 1.29 is 43.6 Å². The number of ether oxygens (including phenoxy) is 1. The van der Waals surface area contributed by atoms with Crippen molar-refractivity contribution in [2.45, 2.75) is 14.7 Å². The van der Waals surface area contributed by atoms with E-state index in [-0.39, 0.29) is 49.6 Å². The minimum absolute atomic E-state index is 0.0299. The van der Waals surface area contributed by atoms with Crippen molar-refractivity contribution in [1.29, 1.82) is 0 Å². The van der Waals surface area contributed by atoms with Gasteiger partial charge in [-0.05, 0) is 60.7 Å². The number of fused-ring (bicyclic) bond motifs is 2. The van der Waals surface area contributed by atoms with Crippen LogP contribution in [0.25, 0.3) is 21.5 Å². The number of nitrogen functional groups attached to an aromatic ring is 1. The zero-order valence-electron chi connectivity index (χ0n) is 22.8. The van der Waals surface area contributed by atoms with Gasteiger partial charge in [-0.25, -0.2) is 0 Å². The van der Waals surface area contributed by atoms with Crippen molar-refractivity contribution in [2.75, 3.05) is 12.8 Å². The number of anilines is 1. The van der Waals surface area contributed by atoms with Crippen molar-refractivity contribution in [3.63, 3.8) is 0 Å². The molecule has 0 saturated carbocycles. The molecule has 5 rings (SSSR count). The Kier molecular flexibility index (Phi) is 8.12. The quantitative estimate of drug-likeness (QED) is 0.0826. The van der Waals surface area contributed by atoms with Gasteiger partial charge in [-0.3, -0.25) is 13.7 Å². The molecule has 0 saturated heterocycles. The number of hydrogen-bond acceptors (Lipinski definition) is 12. The Morgan fingerprint density at radius 3 is 1.49 bits per heavy atom. The summed E-state index contributed by atoms with van der Waals surface area (Å²) in [5.41, 5.74) is 6.49. The molecule has 5 aromatic carbocycles. The maximum atomic E-state index is 11.9. The van der Waals surface area contributed by atoms with E-state index >= 15 is 0 Å². The minimum Gasteiger partial charge on any atom is -0.497 e. The summed E-state index contributed by atoms with van der Waals surface area (Å²) < 4.78 is 105. The van der Waals surface area contributed by atoms with Crippen LogP contribution in [0.5, 0.6) is 5.75 Å². The molecule has 0 aliphatic heterocycles. The van der Waals surface area contributed by atoms with E-state index in [0.29, 0.717) is 11.1 Å². The second-order valence-corrected chi connectivity index (χ2v) is 13.6. The third-order valence-corrected chi connectivity index (χ3v) is 9.09. The molecule has 15 nitrogen and oxygen atoms in total. The van der Waals surface area contributed by atoms with Gasteiger partial charge in [-0.15, -0.1) is 20.5 Å². The topological polar surface area (TPSA) is 248 Å². The van der Waals surface area contributed by atoms with Gasteiger partial charge in [0.25, 0.3) is 30.4 Å². The van der Waals surface area contributed by atoms with Crippen LogP contribution in [-0.2, 0) is 30.4 Å². The summed E-state index contributed by atoms with van der Waals surface area (Å²) in [7, 11) is -12.6. The van der Waals surface area contributed by atoms with E-state index in [1.807, 2.05) is 0 Å². The van der Waals surface area contributed by atoms with Gasteiger partial charge in [0.1, 0.15) is 16.3 Å². The molecule has 5 aromatic rings. The van der Waals surface area contributed by atoms with Gasteiger partial charge in [-0.1, -0.05) is 12.1 Å². The fourth-order valence-corrected chi connectivity index (χ4v) is 5.99. The Balaban J connectivity index is 1.66. The third kappa shape index (κ3) is 6.65. The molecule has 45 heavy (non-hydrogen) atoms. The van der Waals surface area contributed by atoms with Gasteiger partial charge in [0.15, 0.2) is 0 Å². The Labute approximate surface area is 256 Å². The van der Waals surface area contributed by atoms with Crippen molar-refractivity contribution in [3.8, 4) is 5.75 Å². The second-order valence-electron chi connectivity index (χ2n) is 9.35.